The zero-order chi connectivity index (χ0) is 28.5. The third-order valence-corrected chi connectivity index (χ3v) is 9.38. The first-order valence-electron chi connectivity index (χ1n) is 15.1. The Kier molecular flexibility index (Phi) is 8.73. The van der Waals surface area contributed by atoms with Gasteiger partial charge in [-0.1, -0.05) is 79.7 Å². The number of benzene rings is 2. The molecule has 0 radical (unpaired) electrons. The Bertz CT molecular complexity index is 1170. The van der Waals surface area contributed by atoms with E-state index in [1.165, 1.54) is 11.1 Å². The van der Waals surface area contributed by atoms with E-state index in [0.29, 0.717) is 11.5 Å². The predicted octanol–water partition coefficient (Wildman–Crippen LogP) is 7.65. The number of carbonyl (C=O) groups is 2. The molecule has 4 unspecified atom stereocenters. The second-order valence-electron chi connectivity index (χ2n) is 11.7. The second-order valence-corrected chi connectivity index (χ2v) is 11.7. The number of rotatable bonds is 10. The Morgan fingerprint density at radius 3 is 1.31 bits per heavy atom. The van der Waals surface area contributed by atoms with Gasteiger partial charge in [0.2, 0.25) is 0 Å². The van der Waals surface area contributed by atoms with Crippen LogP contribution in [-0.4, -0.2) is 11.9 Å². The van der Waals surface area contributed by atoms with Crippen molar-refractivity contribution in [2.45, 2.75) is 93.9 Å². The standard InChI is InChI=1S/C35H46O4/c1-9-21-17-23(11-3)25(13-5)29(19-21)38-33(36)31-27-15-16-28(35(27,7)8)32(31)34(37)39-30-20-22(10-2)18-24(12-4)26(30)14-6/h15-20,27-28,31-32H,9-14H2,1-8H3. The lowest BCUT2D eigenvalue weighted by atomic mass is 9.79. The molecule has 2 aromatic carbocycles. The quantitative estimate of drug-likeness (QED) is 0.180. The van der Waals surface area contributed by atoms with Gasteiger partial charge < -0.3 is 9.47 Å². The summed E-state index contributed by atoms with van der Waals surface area (Å²) in [7, 11) is 0. The van der Waals surface area contributed by atoms with Crippen molar-refractivity contribution in [1.29, 1.82) is 0 Å². The van der Waals surface area contributed by atoms with E-state index in [1.54, 1.807) is 0 Å². The van der Waals surface area contributed by atoms with E-state index in [2.05, 4.69) is 79.7 Å². The molecule has 0 aliphatic heterocycles. The molecule has 1 fully saturated rings. The fraction of sp³-hybridized carbons (Fsp3) is 0.543. The van der Waals surface area contributed by atoms with Crippen molar-refractivity contribution in [1.82, 2.24) is 0 Å². The molecule has 2 bridgehead atoms. The molecule has 0 saturated heterocycles. The number of hydrogen-bond donors (Lipinski definition) is 0. The van der Waals surface area contributed by atoms with Crippen molar-refractivity contribution in [2.24, 2.45) is 29.1 Å². The van der Waals surface area contributed by atoms with Crippen LogP contribution in [0, 0.1) is 29.1 Å². The molecule has 0 N–H and O–H groups in total. The highest BCUT2D eigenvalue weighted by Crippen LogP contribution is 2.60. The van der Waals surface area contributed by atoms with Gasteiger partial charge in [0.05, 0.1) is 11.8 Å². The largest absolute Gasteiger partial charge is 0.426 e. The van der Waals surface area contributed by atoms with Crippen molar-refractivity contribution in [3.63, 3.8) is 0 Å². The van der Waals surface area contributed by atoms with Gasteiger partial charge in [-0.15, -0.1) is 0 Å². The van der Waals surface area contributed by atoms with Gasteiger partial charge in [0, 0.05) is 0 Å². The molecule has 4 rings (SSSR count). The minimum Gasteiger partial charge on any atom is -0.426 e. The molecule has 0 heterocycles. The van der Waals surface area contributed by atoms with Crippen LogP contribution in [0.1, 0.15) is 88.8 Å². The fourth-order valence-electron chi connectivity index (χ4n) is 7.07. The number of fused-ring (bicyclic) bond motifs is 2. The van der Waals surface area contributed by atoms with Gasteiger partial charge in [-0.3, -0.25) is 9.59 Å². The first-order chi connectivity index (χ1) is 18.6. The lowest BCUT2D eigenvalue weighted by Gasteiger charge is -2.26. The Hall–Kier alpha value is -2.88. The van der Waals surface area contributed by atoms with Gasteiger partial charge in [-0.25, -0.2) is 0 Å². The monoisotopic (exact) mass is 530 g/mol. The topological polar surface area (TPSA) is 52.6 Å². The number of carbonyl (C=O) groups excluding carboxylic acids is 2. The van der Waals surface area contributed by atoms with Crippen LogP contribution in [-0.2, 0) is 48.1 Å². The van der Waals surface area contributed by atoms with E-state index in [-0.39, 0.29) is 29.2 Å². The SMILES string of the molecule is CCc1cc(CC)c(CC)c(OC(=O)C2C(C(=O)Oc3cc(CC)cc(CC)c3CC)C3C=CC2C3(C)C)c1. The van der Waals surface area contributed by atoms with Crippen LogP contribution in [0.5, 0.6) is 11.5 Å². The molecule has 4 heteroatoms. The molecule has 2 aromatic rings. The number of hydrogen-bond acceptors (Lipinski definition) is 4. The van der Waals surface area contributed by atoms with Gasteiger partial charge in [0.15, 0.2) is 0 Å². The van der Waals surface area contributed by atoms with Gasteiger partial charge in [0.25, 0.3) is 0 Å². The summed E-state index contributed by atoms with van der Waals surface area (Å²) in [5.74, 6) is -0.648. The van der Waals surface area contributed by atoms with E-state index in [0.717, 1.165) is 60.8 Å². The van der Waals surface area contributed by atoms with Crippen molar-refractivity contribution in [3.8, 4) is 11.5 Å². The second kappa shape index (κ2) is 11.7. The molecule has 4 atom stereocenters. The van der Waals surface area contributed by atoms with Crippen LogP contribution >= 0.6 is 0 Å². The maximum atomic E-state index is 14.0. The molecule has 2 aliphatic carbocycles. The maximum absolute atomic E-state index is 14.0. The summed E-state index contributed by atoms with van der Waals surface area (Å²) in [5, 5.41) is 0. The average molecular weight is 531 g/mol. The number of allylic oxidation sites excluding steroid dienone is 2. The van der Waals surface area contributed by atoms with Gasteiger partial charge in [-0.2, -0.15) is 0 Å². The molecular formula is C35H46O4. The lowest BCUT2D eigenvalue weighted by Crippen LogP contribution is -2.38. The average Bonchev–Trinajstić information content (AvgIpc) is 3.36. The van der Waals surface area contributed by atoms with E-state index in [1.807, 2.05) is 12.1 Å². The molecule has 2 aliphatic rings. The molecule has 0 spiro atoms. The Morgan fingerprint density at radius 2 is 1.00 bits per heavy atom. The zero-order valence-corrected chi connectivity index (χ0v) is 25.1. The van der Waals surface area contributed by atoms with Crippen molar-refractivity contribution in [3.05, 3.63) is 69.8 Å². The fourth-order valence-corrected chi connectivity index (χ4v) is 7.07. The predicted molar refractivity (Wildman–Crippen MR) is 157 cm³/mol. The van der Waals surface area contributed by atoms with Crippen LogP contribution < -0.4 is 9.47 Å². The summed E-state index contributed by atoms with van der Waals surface area (Å²) in [5.41, 5.74) is 6.69. The van der Waals surface area contributed by atoms with E-state index < -0.39 is 11.8 Å². The van der Waals surface area contributed by atoms with Crippen LogP contribution in [0.15, 0.2) is 36.4 Å². The van der Waals surface area contributed by atoms with Gasteiger partial charge >= 0.3 is 11.9 Å². The Morgan fingerprint density at radius 1 is 0.615 bits per heavy atom. The van der Waals surface area contributed by atoms with Crippen LogP contribution in [0.4, 0.5) is 0 Å². The smallest absolute Gasteiger partial charge is 0.315 e. The summed E-state index contributed by atoms with van der Waals surface area (Å²) >= 11 is 0. The third-order valence-electron chi connectivity index (χ3n) is 9.38. The van der Waals surface area contributed by atoms with Crippen LogP contribution in [0.25, 0.3) is 0 Å². The molecular weight excluding hydrogens is 484 g/mol. The Balaban J connectivity index is 1.70. The van der Waals surface area contributed by atoms with Crippen LogP contribution in [0.2, 0.25) is 0 Å². The van der Waals surface area contributed by atoms with Gasteiger partial charge in [0.1, 0.15) is 11.5 Å². The molecule has 0 amide bonds. The highest BCUT2D eigenvalue weighted by molar-refractivity contribution is 5.87. The summed E-state index contributed by atoms with van der Waals surface area (Å²) in [6.45, 7) is 17.0. The van der Waals surface area contributed by atoms with E-state index in [4.69, 9.17) is 9.47 Å². The normalized spacial score (nSPS) is 22.8. The molecule has 0 aromatic heterocycles. The number of aryl methyl sites for hydroxylation is 4. The number of esters is 2. The summed E-state index contributed by atoms with van der Waals surface area (Å²) < 4.78 is 12.4. The third kappa shape index (κ3) is 5.19. The summed E-state index contributed by atoms with van der Waals surface area (Å²) in [4.78, 5) is 28.0. The molecule has 39 heavy (non-hydrogen) atoms. The minimum atomic E-state index is -0.576. The van der Waals surface area contributed by atoms with E-state index >= 15 is 0 Å². The van der Waals surface area contributed by atoms with E-state index in [9.17, 15) is 9.59 Å². The lowest BCUT2D eigenvalue weighted by molar-refractivity contribution is -0.151. The maximum Gasteiger partial charge on any atom is 0.315 e. The molecule has 210 valence electrons. The Labute approximate surface area is 235 Å². The summed E-state index contributed by atoms with van der Waals surface area (Å²) in [6, 6.07) is 8.46. The molecule has 4 nitrogen and oxygen atoms in total. The van der Waals surface area contributed by atoms with Crippen LogP contribution in [0.3, 0.4) is 0 Å². The first kappa shape index (κ1) is 29.1. The zero-order valence-electron chi connectivity index (χ0n) is 25.1. The van der Waals surface area contributed by atoms with Gasteiger partial charge in [-0.05, 0) is 101 Å². The minimum absolute atomic E-state index is 0.0727. The highest BCUT2D eigenvalue weighted by atomic mass is 16.5. The first-order valence-corrected chi connectivity index (χ1v) is 15.1. The number of ether oxygens (including phenoxy) is 2. The van der Waals surface area contributed by atoms with Crippen molar-refractivity contribution >= 4 is 11.9 Å². The highest BCUT2D eigenvalue weighted by Gasteiger charge is 2.62. The summed E-state index contributed by atoms with van der Waals surface area (Å²) in [6.07, 6.45) is 9.32. The van der Waals surface area contributed by atoms with Crippen molar-refractivity contribution in [2.75, 3.05) is 0 Å². The molecule has 1 saturated carbocycles. The van der Waals surface area contributed by atoms with Crippen molar-refractivity contribution < 1.29 is 19.1 Å².